The number of anilines is 2. The molecule has 120 valence electrons. The van der Waals surface area contributed by atoms with Crippen molar-refractivity contribution >= 4 is 23.2 Å². The summed E-state index contributed by atoms with van der Waals surface area (Å²) in [5, 5.41) is 2.52. The molecule has 0 heterocycles. The maximum atomic E-state index is 13.5. The van der Waals surface area contributed by atoms with Crippen molar-refractivity contribution < 1.29 is 14.0 Å². The molecule has 5 heteroatoms. The van der Waals surface area contributed by atoms with Crippen LogP contribution in [0.1, 0.15) is 18.9 Å². The Hall–Kier alpha value is -2.69. The second kappa shape index (κ2) is 7.54. The molecule has 0 atom stereocenters. The van der Waals surface area contributed by atoms with E-state index in [1.54, 1.807) is 12.1 Å². The molecule has 0 aliphatic rings. The third-order valence-corrected chi connectivity index (χ3v) is 3.40. The molecule has 0 saturated heterocycles. The molecule has 0 spiro atoms. The van der Waals surface area contributed by atoms with Gasteiger partial charge in [-0.1, -0.05) is 24.3 Å². The number of hydrogen-bond donors (Lipinski definition) is 1. The third kappa shape index (κ3) is 4.64. The van der Waals surface area contributed by atoms with Gasteiger partial charge in [0, 0.05) is 25.6 Å². The van der Waals surface area contributed by atoms with Crippen LogP contribution in [0.25, 0.3) is 0 Å². The van der Waals surface area contributed by atoms with E-state index in [1.807, 2.05) is 31.2 Å². The van der Waals surface area contributed by atoms with E-state index in [2.05, 4.69) is 5.32 Å². The standard InChI is InChI=1S/C18H19FN2O2/c1-13-6-5-7-15(12-13)21(14(2)22)11-10-18(23)20-17-9-4-3-8-16(17)19/h3-9,12H,10-11H2,1-2H3,(H,20,23). The number of rotatable bonds is 5. The zero-order valence-corrected chi connectivity index (χ0v) is 13.2. The normalized spacial score (nSPS) is 10.2. The van der Waals surface area contributed by atoms with E-state index in [0.717, 1.165) is 11.3 Å². The quantitative estimate of drug-likeness (QED) is 0.918. The predicted octanol–water partition coefficient (Wildman–Crippen LogP) is 3.52. The summed E-state index contributed by atoms with van der Waals surface area (Å²) >= 11 is 0. The van der Waals surface area contributed by atoms with E-state index >= 15 is 0 Å². The maximum absolute atomic E-state index is 13.5. The van der Waals surface area contributed by atoms with Gasteiger partial charge >= 0.3 is 0 Å². The van der Waals surface area contributed by atoms with Gasteiger partial charge < -0.3 is 10.2 Å². The van der Waals surface area contributed by atoms with Gasteiger partial charge in [0.05, 0.1) is 5.69 Å². The first-order valence-corrected chi connectivity index (χ1v) is 7.36. The Kier molecular flexibility index (Phi) is 5.46. The number of hydrogen-bond acceptors (Lipinski definition) is 2. The summed E-state index contributed by atoms with van der Waals surface area (Å²) in [5.74, 6) is -0.966. The molecule has 2 aromatic rings. The van der Waals surface area contributed by atoms with Gasteiger partial charge in [-0.15, -0.1) is 0 Å². The van der Waals surface area contributed by atoms with Gasteiger partial charge in [0.25, 0.3) is 0 Å². The fraction of sp³-hybridized carbons (Fsp3) is 0.222. The van der Waals surface area contributed by atoms with Gasteiger partial charge in [-0.05, 0) is 36.8 Å². The fourth-order valence-corrected chi connectivity index (χ4v) is 2.25. The van der Waals surface area contributed by atoms with Crippen LogP contribution in [0.3, 0.4) is 0 Å². The minimum absolute atomic E-state index is 0.0852. The molecule has 0 aliphatic carbocycles. The van der Waals surface area contributed by atoms with Gasteiger partial charge in [-0.2, -0.15) is 0 Å². The van der Waals surface area contributed by atoms with Crippen molar-refractivity contribution in [1.82, 2.24) is 0 Å². The van der Waals surface area contributed by atoms with Crippen LogP contribution in [0.5, 0.6) is 0 Å². The molecular formula is C18H19FN2O2. The Bertz CT molecular complexity index is 716. The summed E-state index contributed by atoms with van der Waals surface area (Å²) < 4.78 is 13.5. The highest BCUT2D eigenvalue weighted by Gasteiger charge is 2.14. The number of halogens is 1. The molecule has 0 radical (unpaired) electrons. The zero-order valence-electron chi connectivity index (χ0n) is 13.2. The van der Waals surface area contributed by atoms with Crippen LogP contribution in [0.4, 0.5) is 15.8 Å². The average Bonchev–Trinajstić information content (AvgIpc) is 2.49. The molecule has 2 rings (SSSR count). The Morgan fingerprint density at radius 2 is 1.87 bits per heavy atom. The molecular weight excluding hydrogens is 295 g/mol. The fourth-order valence-electron chi connectivity index (χ4n) is 2.25. The van der Waals surface area contributed by atoms with Crippen LogP contribution in [0, 0.1) is 12.7 Å². The second-order valence-electron chi connectivity index (χ2n) is 5.29. The smallest absolute Gasteiger partial charge is 0.226 e. The molecule has 0 aliphatic heterocycles. The summed E-state index contributed by atoms with van der Waals surface area (Å²) in [7, 11) is 0. The molecule has 1 N–H and O–H groups in total. The predicted molar refractivity (Wildman–Crippen MR) is 88.9 cm³/mol. The SMILES string of the molecule is CC(=O)N(CCC(=O)Nc1ccccc1F)c1cccc(C)c1. The van der Waals surface area contributed by atoms with Crippen LogP contribution in [0.2, 0.25) is 0 Å². The Morgan fingerprint density at radius 3 is 2.52 bits per heavy atom. The number of aryl methyl sites for hydroxylation is 1. The molecule has 0 unspecified atom stereocenters. The number of nitrogens with zero attached hydrogens (tertiary/aromatic N) is 1. The minimum Gasteiger partial charge on any atom is -0.324 e. The lowest BCUT2D eigenvalue weighted by atomic mass is 10.2. The first-order chi connectivity index (χ1) is 11.0. The maximum Gasteiger partial charge on any atom is 0.226 e. The van der Waals surface area contributed by atoms with Gasteiger partial charge in [0.15, 0.2) is 0 Å². The van der Waals surface area contributed by atoms with E-state index in [0.29, 0.717) is 0 Å². The second-order valence-corrected chi connectivity index (χ2v) is 5.29. The van der Waals surface area contributed by atoms with Crippen LogP contribution in [-0.4, -0.2) is 18.4 Å². The molecule has 2 amide bonds. The number of para-hydroxylation sites is 1. The number of nitrogens with one attached hydrogen (secondary N) is 1. The van der Waals surface area contributed by atoms with Crippen molar-refractivity contribution in [3.8, 4) is 0 Å². The first kappa shape index (κ1) is 16.7. The van der Waals surface area contributed by atoms with E-state index in [9.17, 15) is 14.0 Å². The van der Waals surface area contributed by atoms with E-state index < -0.39 is 5.82 Å². The Morgan fingerprint density at radius 1 is 1.13 bits per heavy atom. The van der Waals surface area contributed by atoms with E-state index in [-0.39, 0.29) is 30.5 Å². The van der Waals surface area contributed by atoms with Crippen molar-refractivity contribution in [2.45, 2.75) is 20.3 Å². The van der Waals surface area contributed by atoms with E-state index in [4.69, 9.17) is 0 Å². The summed E-state index contributed by atoms with van der Waals surface area (Å²) in [6, 6.07) is 13.5. The van der Waals surface area contributed by atoms with Crippen LogP contribution < -0.4 is 10.2 Å². The van der Waals surface area contributed by atoms with Gasteiger partial charge in [0.2, 0.25) is 11.8 Å². The highest BCUT2D eigenvalue weighted by molar-refractivity contribution is 5.94. The van der Waals surface area contributed by atoms with Crippen LogP contribution in [0.15, 0.2) is 48.5 Å². The van der Waals surface area contributed by atoms with Crippen molar-refractivity contribution in [3.63, 3.8) is 0 Å². The van der Waals surface area contributed by atoms with Crippen molar-refractivity contribution in [3.05, 3.63) is 59.9 Å². The lowest BCUT2D eigenvalue weighted by Crippen LogP contribution is -2.32. The Labute approximate surface area is 134 Å². The largest absolute Gasteiger partial charge is 0.324 e. The van der Waals surface area contributed by atoms with Crippen LogP contribution >= 0.6 is 0 Å². The van der Waals surface area contributed by atoms with Gasteiger partial charge in [-0.25, -0.2) is 4.39 Å². The topological polar surface area (TPSA) is 49.4 Å². The molecule has 23 heavy (non-hydrogen) atoms. The van der Waals surface area contributed by atoms with Crippen molar-refractivity contribution in [2.75, 3.05) is 16.8 Å². The number of amides is 2. The summed E-state index contributed by atoms with van der Waals surface area (Å²) in [6.45, 7) is 3.63. The number of benzene rings is 2. The van der Waals surface area contributed by atoms with Crippen molar-refractivity contribution in [1.29, 1.82) is 0 Å². The summed E-state index contributed by atoms with van der Waals surface area (Å²) in [6.07, 6.45) is 0.0852. The first-order valence-electron chi connectivity index (χ1n) is 7.36. The lowest BCUT2D eigenvalue weighted by Gasteiger charge is -2.21. The summed E-state index contributed by atoms with van der Waals surface area (Å²) in [5.41, 5.74) is 1.92. The van der Waals surface area contributed by atoms with Crippen molar-refractivity contribution in [2.24, 2.45) is 0 Å². The molecule has 4 nitrogen and oxygen atoms in total. The summed E-state index contributed by atoms with van der Waals surface area (Å²) in [4.78, 5) is 25.3. The Balaban J connectivity index is 2.00. The molecule has 0 bridgehead atoms. The van der Waals surface area contributed by atoms with Crippen LogP contribution in [-0.2, 0) is 9.59 Å². The monoisotopic (exact) mass is 314 g/mol. The molecule has 0 saturated carbocycles. The zero-order chi connectivity index (χ0) is 16.8. The molecule has 0 fully saturated rings. The third-order valence-electron chi connectivity index (χ3n) is 3.40. The van der Waals surface area contributed by atoms with Gasteiger partial charge in [-0.3, -0.25) is 9.59 Å². The highest BCUT2D eigenvalue weighted by Crippen LogP contribution is 2.17. The van der Waals surface area contributed by atoms with Gasteiger partial charge in [0.1, 0.15) is 5.82 Å². The highest BCUT2D eigenvalue weighted by atomic mass is 19.1. The average molecular weight is 314 g/mol. The lowest BCUT2D eigenvalue weighted by molar-refractivity contribution is -0.117. The molecule has 2 aromatic carbocycles. The molecule has 0 aromatic heterocycles. The number of carbonyl (C=O) groups excluding carboxylic acids is 2. The minimum atomic E-state index is -0.483. The van der Waals surface area contributed by atoms with E-state index in [1.165, 1.54) is 24.0 Å². The number of carbonyl (C=O) groups is 2.